The maximum atomic E-state index is 11.0. The van der Waals surface area contributed by atoms with Crippen LogP contribution in [0.25, 0.3) is 0 Å². The fourth-order valence-corrected chi connectivity index (χ4v) is 5.49. The molecule has 0 saturated heterocycles. The molecule has 0 aliphatic heterocycles. The summed E-state index contributed by atoms with van der Waals surface area (Å²) in [6.45, 7) is 11.2. The molecule has 1 fully saturated rings. The number of hydrogen-bond acceptors (Lipinski definition) is 2. The van der Waals surface area contributed by atoms with Gasteiger partial charge in [0.1, 0.15) is 0 Å². The first kappa shape index (κ1) is 16.3. The Morgan fingerprint density at radius 2 is 1.91 bits per heavy atom. The van der Waals surface area contributed by atoms with Gasteiger partial charge < -0.3 is 10.2 Å². The van der Waals surface area contributed by atoms with E-state index in [1.54, 1.807) is 0 Å². The number of aliphatic hydroxyl groups excluding tert-OH is 2. The van der Waals surface area contributed by atoms with E-state index in [1.165, 1.54) is 17.6 Å². The largest absolute Gasteiger partial charge is 0.392 e. The molecule has 0 amide bonds. The van der Waals surface area contributed by atoms with Crippen LogP contribution < -0.4 is 0 Å². The van der Waals surface area contributed by atoms with Gasteiger partial charge in [-0.3, -0.25) is 0 Å². The zero-order valence-electron chi connectivity index (χ0n) is 14.8. The molecule has 0 heterocycles. The summed E-state index contributed by atoms with van der Waals surface area (Å²) >= 11 is 0. The molecule has 1 saturated carbocycles. The average Bonchev–Trinajstić information content (AvgIpc) is 2.61. The van der Waals surface area contributed by atoms with Crippen LogP contribution in [0.4, 0.5) is 0 Å². The minimum Gasteiger partial charge on any atom is -0.392 e. The minimum absolute atomic E-state index is 0.152. The monoisotopic (exact) mass is 304 g/mol. The second kappa shape index (κ2) is 5.21. The van der Waals surface area contributed by atoms with Gasteiger partial charge in [0.15, 0.2) is 0 Å². The molecule has 6 unspecified atom stereocenters. The third-order valence-corrected chi connectivity index (χ3v) is 7.13. The van der Waals surface area contributed by atoms with E-state index in [9.17, 15) is 10.2 Å². The summed E-state index contributed by atoms with van der Waals surface area (Å²) < 4.78 is 0. The van der Waals surface area contributed by atoms with Crippen molar-refractivity contribution in [2.75, 3.05) is 0 Å². The highest BCUT2D eigenvalue weighted by Gasteiger charge is 2.61. The average molecular weight is 304 g/mol. The zero-order chi connectivity index (χ0) is 16.3. The molecule has 3 aliphatic rings. The Morgan fingerprint density at radius 1 is 1.23 bits per heavy atom. The van der Waals surface area contributed by atoms with Gasteiger partial charge in [0.05, 0.1) is 12.2 Å². The third kappa shape index (κ3) is 2.14. The molecule has 6 atom stereocenters. The van der Waals surface area contributed by atoms with Crippen molar-refractivity contribution in [2.24, 2.45) is 28.6 Å². The molecular formula is C20H32O2. The van der Waals surface area contributed by atoms with Crippen molar-refractivity contribution < 1.29 is 10.2 Å². The first-order chi connectivity index (χ1) is 10.2. The molecule has 124 valence electrons. The number of allylic oxidation sites excluding steroid dienone is 3. The quantitative estimate of drug-likeness (QED) is 0.717. The number of hydrogen-bond donors (Lipinski definition) is 2. The Morgan fingerprint density at radius 3 is 2.55 bits per heavy atom. The van der Waals surface area contributed by atoms with Crippen molar-refractivity contribution >= 4 is 0 Å². The lowest BCUT2D eigenvalue weighted by atomic mass is 9.49. The van der Waals surface area contributed by atoms with Crippen LogP contribution in [0.1, 0.15) is 60.3 Å². The van der Waals surface area contributed by atoms with Crippen LogP contribution in [0.3, 0.4) is 0 Å². The van der Waals surface area contributed by atoms with E-state index in [4.69, 9.17) is 0 Å². The maximum absolute atomic E-state index is 11.0. The van der Waals surface area contributed by atoms with E-state index in [0.29, 0.717) is 17.8 Å². The molecule has 2 nitrogen and oxygen atoms in total. The highest BCUT2D eigenvalue weighted by molar-refractivity contribution is 5.31. The zero-order valence-corrected chi connectivity index (χ0v) is 14.8. The van der Waals surface area contributed by atoms with Crippen LogP contribution in [0.15, 0.2) is 23.3 Å². The van der Waals surface area contributed by atoms with E-state index >= 15 is 0 Å². The fourth-order valence-electron chi connectivity index (χ4n) is 5.49. The van der Waals surface area contributed by atoms with E-state index in [1.807, 2.05) is 0 Å². The van der Waals surface area contributed by atoms with E-state index in [0.717, 1.165) is 19.3 Å². The molecular weight excluding hydrogens is 272 g/mol. The number of aliphatic hydroxyl groups is 2. The van der Waals surface area contributed by atoms with Crippen molar-refractivity contribution in [2.45, 2.75) is 72.5 Å². The van der Waals surface area contributed by atoms with E-state index < -0.39 is 17.6 Å². The van der Waals surface area contributed by atoms with Gasteiger partial charge in [0, 0.05) is 5.41 Å². The molecule has 3 aliphatic carbocycles. The molecule has 0 aromatic carbocycles. The van der Waals surface area contributed by atoms with Crippen LogP contribution in [0.2, 0.25) is 0 Å². The van der Waals surface area contributed by atoms with Crippen molar-refractivity contribution in [1.82, 2.24) is 0 Å². The summed E-state index contributed by atoms with van der Waals surface area (Å²) in [6.07, 6.45) is 7.74. The predicted octanol–water partition coefficient (Wildman–Crippen LogP) is 4.08. The lowest BCUT2D eigenvalue weighted by molar-refractivity contribution is -0.145. The van der Waals surface area contributed by atoms with E-state index in [2.05, 4.69) is 46.8 Å². The van der Waals surface area contributed by atoms with Gasteiger partial charge in [-0.25, -0.2) is 0 Å². The molecule has 2 heteroatoms. The predicted molar refractivity (Wildman–Crippen MR) is 90.4 cm³/mol. The molecule has 3 rings (SSSR count). The number of rotatable bonds is 1. The van der Waals surface area contributed by atoms with Crippen LogP contribution in [-0.2, 0) is 0 Å². The first-order valence-electron chi connectivity index (χ1n) is 8.93. The topological polar surface area (TPSA) is 40.5 Å². The summed E-state index contributed by atoms with van der Waals surface area (Å²) in [5.74, 6) is 1.31. The Hall–Kier alpha value is -0.600. The molecule has 0 bridgehead atoms. The Labute approximate surface area is 135 Å². The lowest BCUT2D eigenvalue weighted by Crippen LogP contribution is -2.56. The Kier molecular flexibility index (Phi) is 3.85. The highest BCUT2D eigenvalue weighted by Crippen LogP contribution is 2.63. The number of fused-ring (bicyclic) bond motifs is 3. The van der Waals surface area contributed by atoms with Gasteiger partial charge in [-0.1, -0.05) is 51.0 Å². The Balaban J connectivity index is 2.07. The van der Waals surface area contributed by atoms with Crippen LogP contribution in [-0.4, -0.2) is 22.4 Å². The van der Waals surface area contributed by atoms with Crippen molar-refractivity contribution in [3.05, 3.63) is 23.3 Å². The smallest absolute Gasteiger partial charge is 0.0807 e. The SMILES string of the molecule is CC1=CCC2(C)CC(O)C3(C)C(O)C=C(C(C)C)C3C2CC1. The van der Waals surface area contributed by atoms with Gasteiger partial charge in [-0.15, -0.1) is 0 Å². The van der Waals surface area contributed by atoms with Crippen molar-refractivity contribution in [3.8, 4) is 0 Å². The van der Waals surface area contributed by atoms with Crippen LogP contribution in [0, 0.1) is 28.6 Å². The van der Waals surface area contributed by atoms with Crippen molar-refractivity contribution in [1.29, 1.82) is 0 Å². The van der Waals surface area contributed by atoms with Gasteiger partial charge in [-0.05, 0) is 55.8 Å². The summed E-state index contributed by atoms with van der Waals surface area (Å²) in [6, 6.07) is 0. The maximum Gasteiger partial charge on any atom is 0.0807 e. The fraction of sp³-hybridized carbons (Fsp3) is 0.800. The molecule has 2 N–H and O–H groups in total. The first-order valence-corrected chi connectivity index (χ1v) is 8.93. The van der Waals surface area contributed by atoms with Crippen LogP contribution in [0.5, 0.6) is 0 Å². The summed E-state index contributed by atoms with van der Waals surface area (Å²) in [5, 5.41) is 21.7. The second-order valence-electron chi connectivity index (χ2n) is 8.88. The van der Waals surface area contributed by atoms with Gasteiger partial charge in [-0.2, -0.15) is 0 Å². The summed E-state index contributed by atoms with van der Waals surface area (Å²) in [5.41, 5.74) is 2.62. The van der Waals surface area contributed by atoms with Gasteiger partial charge in [0.25, 0.3) is 0 Å². The van der Waals surface area contributed by atoms with Crippen molar-refractivity contribution in [3.63, 3.8) is 0 Å². The Bertz CT molecular complexity index is 518. The van der Waals surface area contributed by atoms with Gasteiger partial charge >= 0.3 is 0 Å². The lowest BCUT2D eigenvalue weighted by Gasteiger charge is -2.56. The standard InChI is InChI=1S/C20H32O2/c1-12(2)14-10-16(21)20(5)17(22)11-19(4)9-8-13(3)6-7-15(19)18(14)20/h8,10,12,15-18,21-22H,6-7,9,11H2,1-5H3. The third-order valence-electron chi connectivity index (χ3n) is 7.13. The summed E-state index contributed by atoms with van der Waals surface area (Å²) in [7, 11) is 0. The molecule has 0 spiro atoms. The second-order valence-corrected chi connectivity index (χ2v) is 8.88. The summed E-state index contributed by atoms with van der Waals surface area (Å²) in [4.78, 5) is 0. The molecule has 0 radical (unpaired) electrons. The normalized spacial score (nSPS) is 48.4. The minimum atomic E-state index is -0.508. The molecule has 22 heavy (non-hydrogen) atoms. The van der Waals surface area contributed by atoms with Gasteiger partial charge in [0.2, 0.25) is 0 Å². The molecule has 0 aromatic rings. The van der Waals surface area contributed by atoms with Crippen LogP contribution >= 0.6 is 0 Å². The van der Waals surface area contributed by atoms with E-state index in [-0.39, 0.29) is 5.41 Å². The molecule has 0 aromatic heterocycles. The highest BCUT2D eigenvalue weighted by atomic mass is 16.3.